The maximum absolute atomic E-state index is 12.7. The van der Waals surface area contributed by atoms with Crippen LogP contribution >= 0.6 is 0 Å². The van der Waals surface area contributed by atoms with Gasteiger partial charge in [-0.3, -0.25) is 9.59 Å². The number of amides is 2. The molecular formula is C22H27N3O3. The van der Waals surface area contributed by atoms with Crippen molar-refractivity contribution in [2.75, 3.05) is 10.6 Å². The van der Waals surface area contributed by atoms with E-state index in [2.05, 4.69) is 22.9 Å². The molecule has 0 radical (unpaired) electrons. The number of rotatable bonds is 7. The molecule has 0 bridgehead atoms. The number of carbonyl (C=O) groups excluding carboxylic acids is 2. The molecule has 3 rings (SSSR count). The fourth-order valence-corrected chi connectivity index (χ4v) is 3.21. The van der Waals surface area contributed by atoms with Crippen molar-refractivity contribution < 1.29 is 14.3 Å². The van der Waals surface area contributed by atoms with Crippen molar-refractivity contribution in [1.29, 1.82) is 0 Å². The quantitative estimate of drug-likeness (QED) is 0.680. The van der Waals surface area contributed by atoms with Crippen molar-refractivity contribution in [3.05, 3.63) is 54.1 Å². The molecule has 0 saturated carbocycles. The molecule has 3 N–H and O–H groups in total. The zero-order valence-corrected chi connectivity index (χ0v) is 16.5. The van der Waals surface area contributed by atoms with E-state index in [-0.39, 0.29) is 17.9 Å². The molecule has 2 amide bonds. The van der Waals surface area contributed by atoms with Crippen LogP contribution in [0.3, 0.4) is 0 Å². The lowest BCUT2D eigenvalue weighted by atomic mass is 10.0. The van der Waals surface area contributed by atoms with Crippen LogP contribution in [0.5, 0.6) is 5.75 Å². The van der Waals surface area contributed by atoms with Crippen LogP contribution in [0.25, 0.3) is 0 Å². The SMILES string of the molecule is CCC[C@H](NC(=O)[C@@H](C)Nc1ccc2c(c1)NC(=O)[C@@H](C)O2)c1ccccc1. The Balaban J connectivity index is 1.65. The lowest BCUT2D eigenvalue weighted by Gasteiger charge is -2.25. The highest BCUT2D eigenvalue weighted by molar-refractivity contribution is 5.98. The van der Waals surface area contributed by atoms with Gasteiger partial charge in [0.1, 0.15) is 11.8 Å². The van der Waals surface area contributed by atoms with Crippen molar-refractivity contribution >= 4 is 23.2 Å². The Morgan fingerprint density at radius 3 is 2.68 bits per heavy atom. The van der Waals surface area contributed by atoms with Gasteiger partial charge >= 0.3 is 0 Å². The van der Waals surface area contributed by atoms with E-state index in [1.54, 1.807) is 19.1 Å². The Bertz CT molecular complexity index is 838. The van der Waals surface area contributed by atoms with Gasteiger partial charge in [0, 0.05) is 5.69 Å². The zero-order chi connectivity index (χ0) is 20.1. The van der Waals surface area contributed by atoms with Gasteiger partial charge in [-0.1, -0.05) is 43.7 Å². The van der Waals surface area contributed by atoms with Crippen LogP contribution in [-0.2, 0) is 9.59 Å². The Kier molecular flexibility index (Phi) is 6.19. The molecule has 0 fully saturated rings. The van der Waals surface area contributed by atoms with E-state index in [1.807, 2.05) is 43.3 Å². The van der Waals surface area contributed by atoms with Crippen molar-refractivity contribution in [1.82, 2.24) is 5.32 Å². The van der Waals surface area contributed by atoms with Gasteiger partial charge in [0.05, 0.1) is 11.7 Å². The Morgan fingerprint density at radius 2 is 1.96 bits per heavy atom. The molecule has 148 valence electrons. The number of benzene rings is 2. The first-order valence-electron chi connectivity index (χ1n) is 9.71. The number of carbonyl (C=O) groups is 2. The van der Waals surface area contributed by atoms with E-state index >= 15 is 0 Å². The molecule has 2 aromatic carbocycles. The average molecular weight is 381 g/mol. The predicted molar refractivity (Wildman–Crippen MR) is 110 cm³/mol. The molecule has 0 spiro atoms. The minimum Gasteiger partial charge on any atom is -0.479 e. The largest absolute Gasteiger partial charge is 0.479 e. The summed E-state index contributed by atoms with van der Waals surface area (Å²) in [6.45, 7) is 5.63. The Hall–Kier alpha value is -3.02. The number of fused-ring (bicyclic) bond motifs is 1. The van der Waals surface area contributed by atoms with Crippen LogP contribution in [0.4, 0.5) is 11.4 Å². The van der Waals surface area contributed by atoms with E-state index in [4.69, 9.17) is 4.74 Å². The van der Waals surface area contributed by atoms with Crippen molar-refractivity contribution in [2.45, 2.75) is 51.8 Å². The normalized spacial score (nSPS) is 17.5. The highest BCUT2D eigenvalue weighted by Crippen LogP contribution is 2.32. The number of anilines is 2. The minimum atomic E-state index is -0.510. The molecule has 0 saturated heterocycles. The van der Waals surface area contributed by atoms with E-state index in [0.717, 1.165) is 24.1 Å². The van der Waals surface area contributed by atoms with Gasteiger partial charge in [-0.15, -0.1) is 0 Å². The van der Waals surface area contributed by atoms with Crippen molar-refractivity contribution in [3.63, 3.8) is 0 Å². The first-order valence-corrected chi connectivity index (χ1v) is 9.71. The third-order valence-corrected chi connectivity index (χ3v) is 4.78. The summed E-state index contributed by atoms with van der Waals surface area (Å²) >= 11 is 0. The highest BCUT2D eigenvalue weighted by atomic mass is 16.5. The van der Waals surface area contributed by atoms with Crippen molar-refractivity contribution in [2.24, 2.45) is 0 Å². The molecular weight excluding hydrogens is 354 g/mol. The van der Waals surface area contributed by atoms with Crippen LogP contribution in [-0.4, -0.2) is 24.0 Å². The molecule has 0 aromatic heterocycles. The fourth-order valence-electron chi connectivity index (χ4n) is 3.21. The van der Waals surface area contributed by atoms with Crippen LogP contribution in [0, 0.1) is 0 Å². The van der Waals surface area contributed by atoms with Crippen LogP contribution in [0.2, 0.25) is 0 Å². The number of nitrogens with one attached hydrogen (secondary N) is 3. The molecule has 6 nitrogen and oxygen atoms in total. The maximum atomic E-state index is 12.7. The molecule has 0 aliphatic carbocycles. The summed E-state index contributed by atoms with van der Waals surface area (Å²) < 4.78 is 5.56. The van der Waals surface area contributed by atoms with Gasteiger partial charge in [0.15, 0.2) is 6.10 Å². The van der Waals surface area contributed by atoms with Crippen molar-refractivity contribution in [3.8, 4) is 5.75 Å². The molecule has 6 heteroatoms. The average Bonchev–Trinajstić information content (AvgIpc) is 2.69. The van der Waals surface area contributed by atoms with E-state index in [1.165, 1.54) is 0 Å². The molecule has 1 aliphatic rings. The highest BCUT2D eigenvalue weighted by Gasteiger charge is 2.24. The lowest BCUT2D eigenvalue weighted by molar-refractivity contribution is -0.123. The summed E-state index contributed by atoms with van der Waals surface area (Å²) in [4.78, 5) is 24.5. The summed E-state index contributed by atoms with van der Waals surface area (Å²) in [5.41, 5.74) is 2.45. The molecule has 28 heavy (non-hydrogen) atoms. The van der Waals surface area contributed by atoms with E-state index in [0.29, 0.717) is 11.4 Å². The zero-order valence-electron chi connectivity index (χ0n) is 16.5. The monoisotopic (exact) mass is 381 g/mol. The minimum absolute atomic E-state index is 0.0133. The third-order valence-electron chi connectivity index (χ3n) is 4.78. The number of ether oxygens (including phenoxy) is 1. The van der Waals surface area contributed by atoms with Gasteiger partial charge in [-0.05, 0) is 44.0 Å². The second-order valence-electron chi connectivity index (χ2n) is 7.09. The van der Waals surface area contributed by atoms with Gasteiger partial charge in [-0.25, -0.2) is 0 Å². The summed E-state index contributed by atoms with van der Waals surface area (Å²) in [7, 11) is 0. The third kappa shape index (κ3) is 4.63. The summed E-state index contributed by atoms with van der Waals surface area (Å²) in [6, 6.07) is 15.0. The molecule has 1 aliphatic heterocycles. The lowest BCUT2D eigenvalue weighted by Crippen LogP contribution is -2.39. The molecule has 3 atom stereocenters. The molecule has 0 unspecified atom stereocenters. The maximum Gasteiger partial charge on any atom is 0.265 e. The van der Waals surface area contributed by atoms with E-state index < -0.39 is 12.1 Å². The first-order chi connectivity index (χ1) is 13.5. The van der Waals surface area contributed by atoms with Gasteiger partial charge < -0.3 is 20.7 Å². The Morgan fingerprint density at radius 1 is 1.21 bits per heavy atom. The van der Waals surface area contributed by atoms with E-state index in [9.17, 15) is 9.59 Å². The second kappa shape index (κ2) is 8.78. The Labute approximate surface area is 165 Å². The van der Waals surface area contributed by atoms with Crippen LogP contribution < -0.4 is 20.7 Å². The summed E-state index contributed by atoms with van der Waals surface area (Å²) in [6.07, 6.45) is 1.34. The second-order valence-corrected chi connectivity index (χ2v) is 7.09. The van der Waals surface area contributed by atoms with Crippen LogP contribution in [0.1, 0.15) is 45.2 Å². The van der Waals surface area contributed by atoms with Gasteiger partial charge in [-0.2, -0.15) is 0 Å². The first kappa shape index (κ1) is 19.7. The summed E-state index contributed by atoms with van der Waals surface area (Å²) in [5.74, 6) is 0.372. The molecule has 1 heterocycles. The smallest absolute Gasteiger partial charge is 0.265 e. The topological polar surface area (TPSA) is 79.5 Å². The number of hydrogen-bond acceptors (Lipinski definition) is 4. The summed E-state index contributed by atoms with van der Waals surface area (Å²) in [5, 5.41) is 9.15. The number of hydrogen-bond donors (Lipinski definition) is 3. The molecule has 2 aromatic rings. The van der Waals surface area contributed by atoms with Crippen LogP contribution in [0.15, 0.2) is 48.5 Å². The standard InChI is InChI=1S/C22H27N3O3/c1-4-8-18(16-9-6-5-7-10-16)24-21(26)14(2)23-17-11-12-20-19(13-17)25-22(27)15(3)28-20/h5-7,9-15,18,23H,4,8H2,1-3H3,(H,24,26)(H,25,27)/t14-,15-,18+/m1/s1. The predicted octanol–water partition coefficient (Wildman–Crippen LogP) is 3.86. The van der Waals surface area contributed by atoms with Gasteiger partial charge in [0.2, 0.25) is 5.91 Å². The fraction of sp³-hybridized carbons (Fsp3) is 0.364. The van der Waals surface area contributed by atoms with Gasteiger partial charge in [0.25, 0.3) is 5.91 Å².